The maximum absolute atomic E-state index is 4.04. The summed E-state index contributed by atoms with van der Waals surface area (Å²) in [6.45, 7) is 28.6. The summed E-state index contributed by atoms with van der Waals surface area (Å²) in [5, 5.41) is 0. The van der Waals surface area contributed by atoms with E-state index in [9.17, 15) is 0 Å². The van der Waals surface area contributed by atoms with Gasteiger partial charge in [0.25, 0.3) is 0 Å². The maximum atomic E-state index is 4.04. The van der Waals surface area contributed by atoms with Crippen LogP contribution >= 0.6 is 0 Å². The lowest BCUT2D eigenvalue weighted by atomic mass is 10.5. The monoisotopic (exact) mass is 327 g/mol. The molecule has 0 spiro atoms. The fourth-order valence-electron chi connectivity index (χ4n) is 4.55. The Kier molecular flexibility index (Phi) is 8.74. The van der Waals surface area contributed by atoms with E-state index in [-0.39, 0.29) is 0 Å². The van der Waals surface area contributed by atoms with Gasteiger partial charge < -0.3 is 4.57 Å². The highest BCUT2D eigenvalue weighted by Crippen LogP contribution is 2.43. The second kappa shape index (κ2) is 8.68. The van der Waals surface area contributed by atoms with Crippen molar-refractivity contribution < 1.29 is 0 Å². The quantitative estimate of drug-likeness (QED) is 0.425. The van der Waals surface area contributed by atoms with Gasteiger partial charge in [-0.3, -0.25) is 0 Å². The molecule has 0 aromatic carbocycles. The zero-order chi connectivity index (χ0) is 16.8. The van der Waals surface area contributed by atoms with Gasteiger partial charge in [-0.05, 0) is 36.1 Å². The molecular weight excluding hydrogens is 286 g/mol. The predicted molar refractivity (Wildman–Crippen MR) is 105 cm³/mol. The van der Waals surface area contributed by atoms with E-state index in [2.05, 4.69) is 78.4 Å². The first-order valence-electron chi connectivity index (χ1n) is 8.94. The van der Waals surface area contributed by atoms with Gasteiger partial charge in [0, 0.05) is 0 Å². The van der Waals surface area contributed by atoms with Crippen LogP contribution in [0.5, 0.6) is 0 Å². The van der Waals surface area contributed by atoms with Gasteiger partial charge in [-0.25, -0.2) is 0 Å². The van der Waals surface area contributed by atoms with Gasteiger partial charge in [-0.1, -0.05) is 67.6 Å². The first-order valence-corrected chi connectivity index (χ1v) is 14.4. The zero-order valence-corrected chi connectivity index (χ0v) is 18.3. The summed E-state index contributed by atoms with van der Waals surface area (Å²) >= 11 is 0. The van der Waals surface area contributed by atoms with Crippen molar-refractivity contribution in [1.29, 1.82) is 0 Å². The fraction of sp³-hybridized carbons (Fsp3) is 0.889. The molecule has 0 aliphatic heterocycles. The van der Waals surface area contributed by atoms with Crippen molar-refractivity contribution in [1.82, 2.24) is 4.57 Å². The van der Waals surface area contributed by atoms with Crippen molar-refractivity contribution in [3.63, 3.8) is 0 Å². The molecule has 0 aromatic rings. The smallest absolute Gasteiger partial charge is 0.136 e. The van der Waals surface area contributed by atoms with Gasteiger partial charge in [0.1, 0.15) is 8.24 Å². The van der Waals surface area contributed by atoms with E-state index in [0.717, 1.165) is 16.6 Å². The Hall–Kier alpha value is 0.134. The van der Waals surface area contributed by atoms with E-state index in [1.165, 1.54) is 25.6 Å². The normalized spacial score (nSPS) is 13.8. The third-order valence-corrected chi connectivity index (χ3v) is 15.4. The van der Waals surface area contributed by atoms with Crippen LogP contribution in [0.4, 0.5) is 0 Å². The first-order chi connectivity index (χ1) is 9.56. The molecule has 0 saturated heterocycles. The van der Waals surface area contributed by atoms with Crippen LogP contribution in [0.1, 0.15) is 54.9 Å². The molecule has 0 bridgehead atoms. The van der Waals surface area contributed by atoms with E-state index in [0.29, 0.717) is 0 Å². The SMILES string of the molecule is C=C[Si](C)(C)CCCN(CC)[Si](C(C)C)(C(C)C)C(C)C. The highest BCUT2D eigenvalue weighted by molar-refractivity contribution is 6.82. The van der Waals surface area contributed by atoms with E-state index in [1.807, 2.05) is 0 Å². The van der Waals surface area contributed by atoms with Gasteiger partial charge in [-0.2, -0.15) is 0 Å². The third-order valence-electron chi connectivity index (χ3n) is 5.51. The summed E-state index contributed by atoms with van der Waals surface area (Å²) < 4.78 is 2.92. The lowest BCUT2D eigenvalue weighted by Gasteiger charge is -2.51. The van der Waals surface area contributed by atoms with Crippen molar-refractivity contribution in [3.05, 3.63) is 12.3 Å². The number of hydrogen-bond donors (Lipinski definition) is 0. The molecule has 0 fully saturated rings. The van der Waals surface area contributed by atoms with Gasteiger partial charge in [0.15, 0.2) is 0 Å². The molecule has 0 heterocycles. The molecule has 1 nitrogen and oxygen atoms in total. The second-order valence-corrected chi connectivity index (χ2v) is 19.0. The van der Waals surface area contributed by atoms with Crippen molar-refractivity contribution in [3.8, 4) is 0 Å². The first kappa shape index (κ1) is 21.1. The minimum absolute atomic E-state index is 0.821. The molecule has 0 aromatic heterocycles. The lowest BCUT2D eigenvalue weighted by molar-refractivity contribution is 0.405. The summed E-state index contributed by atoms with van der Waals surface area (Å²) in [6, 6.07) is 1.38. The third kappa shape index (κ3) is 5.07. The van der Waals surface area contributed by atoms with Crippen LogP contribution in [-0.2, 0) is 0 Å². The van der Waals surface area contributed by atoms with Gasteiger partial charge in [0.05, 0.1) is 8.07 Å². The van der Waals surface area contributed by atoms with Crippen LogP contribution in [0.25, 0.3) is 0 Å². The Labute approximate surface area is 137 Å². The average Bonchev–Trinajstić information content (AvgIpc) is 2.36. The van der Waals surface area contributed by atoms with Crippen molar-refractivity contribution in [2.75, 3.05) is 13.1 Å². The summed E-state index contributed by atoms with van der Waals surface area (Å²) in [5.74, 6) is 0. The van der Waals surface area contributed by atoms with Crippen molar-refractivity contribution in [2.45, 2.75) is 90.6 Å². The highest BCUT2D eigenvalue weighted by Gasteiger charge is 2.47. The van der Waals surface area contributed by atoms with Crippen LogP contribution in [-0.4, -0.2) is 34.0 Å². The Morgan fingerprint density at radius 1 is 0.952 bits per heavy atom. The van der Waals surface area contributed by atoms with E-state index >= 15 is 0 Å². The largest absolute Gasteiger partial charge is 0.323 e. The van der Waals surface area contributed by atoms with Crippen LogP contribution in [0.2, 0.25) is 35.8 Å². The Morgan fingerprint density at radius 2 is 1.38 bits per heavy atom. The standard InChI is InChI=1S/C18H41NSi2/c1-11-19(14-13-15-20(9,10)12-2)21(16(3)4,17(5)6)18(7)8/h12,16-18H,2,11,13-15H2,1,3-10H3. The molecule has 126 valence electrons. The number of rotatable bonds is 10. The molecule has 21 heavy (non-hydrogen) atoms. The molecule has 0 rings (SSSR count). The molecule has 3 heteroatoms. The molecule has 0 N–H and O–H groups in total. The van der Waals surface area contributed by atoms with Crippen LogP contribution < -0.4 is 0 Å². The molecule has 0 aliphatic rings. The van der Waals surface area contributed by atoms with Gasteiger partial charge in [0.2, 0.25) is 0 Å². The zero-order valence-electron chi connectivity index (χ0n) is 16.3. The van der Waals surface area contributed by atoms with E-state index < -0.39 is 16.3 Å². The van der Waals surface area contributed by atoms with Crippen molar-refractivity contribution >= 4 is 16.3 Å². The van der Waals surface area contributed by atoms with Crippen molar-refractivity contribution in [2.24, 2.45) is 0 Å². The Morgan fingerprint density at radius 3 is 1.67 bits per heavy atom. The summed E-state index contributed by atoms with van der Waals surface area (Å²) in [5.41, 5.74) is 4.72. The van der Waals surface area contributed by atoms with E-state index in [1.54, 1.807) is 0 Å². The molecule has 0 aliphatic carbocycles. The number of hydrogen-bond acceptors (Lipinski definition) is 1. The maximum Gasteiger partial charge on any atom is 0.136 e. The van der Waals surface area contributed by atoms with E-state index in [4.69, 9.17) is 0 Å². The topological polar surface area (TPSA) is 3.24 Å². The Balaban J connectivity index is 5.13. The van der Waals surface area contributed by atoms with Crippen LogP contribution in [0.15, 0.2) is 12.3 Å². The molecule has 0 radical (unpaired) electrons. The molecular formula is C18H41NSi2. The predicted octanol–water partition coefficient (Wildman–Crippen LogP) is 6.31. The van der Waals surface area contributed by atoms with Crippen LogP contribution in [0, 0.1) is 0 Å². The molecule has 0 saturated carbocycles. The highest BCUT2D eigenvalue weighted by atomic mass is 28.3. The minimum Gasteiger partial charge on any atom is -0.323 e. The second-order valence-electron chi connectivity index (χ2n) is 8.23. The summed E-state index contributed by atoms with van der Waals surface area (Å²) in [4.78, 5) is 0. The molecule has 0 amide bonds. The lowest BCUT2D eigenvalue weighted by Crippen LogP contribution is -2.60. The van der Waals surface area contributed by atoms with Crippen LogP contribution in [0.3, 0.4) is 0 Å². The molecule has 0 atom stereocenters. The van der Waals surface area contributed by atoms with Gasteiger partial charge in [-0.15, -0.1) is 12.3 Å². The average molecular weight is 328 g/mol. The minimum atomic E-state index is -1.44. The number of nitrogens with zero attached hydrogens (tertiary/aromatic N) is 1. The summed E-state index contributed by atoms with van der Waals surface area (Å²) in [6.07, 6.45) is 1.35. The summed E-state index contributed by atoms with van der Waals surface area (Å²) in [7, 11) is -2.59. The molecule has 0 unspecified atom stereocenters. The Bertz CT molecular complexity index is 287. The van der Waals surface area contributed by atoms with Gasteiger partial charge >= 0.3 is 0 Å². The fourth-order valence-corrected chi connectivity index (χ4v) is 13.1.